The molecule has 2 N–H and O–H groups in total. The monoisotopic (exact) mass is 489 g/mol. The molecule has 3 aromatic rings. The maximum atomic E-state index is 15.2. The molecule has 1 atom stereocenters. The molecule has 2 heterocycles. The van der Waals surface area contributed by atoms with Crippen LogP contribution in [0.3, 0.4) is 0 Å². The van der Waals surface area contributed by atoms with E-state index in [2.05, 4.69) is 25.1 Å². The molecule has 34 heavy (non-hydrogen) atoms. The maximum Gasteiger partial charge on any atom is 0.303 e. The van der Waals surface area contributed by atoms with Gasteiger partial charge in [-0.3, -0.25) is 0 Å². The highest BCUT2D eigenvalue weighted by Crippen LogP contribution is 2.52. The summed E-state index contributed by atoms with van der Waals surface area (Å²) in [5.74, 6) is -4.22. The highest BCUT2D eigenvalue weighted by Gasteiger charge is 2.54. The zero-order valence-electron chi connectivity index (χ0n) is 19.0. The second-order valence-corrected chi connectivity index (χ2v) is 9.53. The summed E-state index contributed by atoms with van der Waals surface area (Å²) >= 11 is 6.35. The maximum absolute atomic E-state index is 15.2. The predicted octanol–water partition coefficient (Wildman–Crippen LogP) is 6.07. The van der Waals surface area contributed by atoms with Crippen molar-refractivity contribution in [2.45, 2.75) is 63.6 Å². The van der Waals surface area contributed by atoms with Gasteiger partial charge in [0.15, 0.2) is 5.65 Å². The van der Waals surface area contributed by atoms with Gasteiger partial charge in [0.05, 0.1) is 22.6 Å². The molecule has 10 heteroatoms. The van der Waals surface area contributed by atoms with Crippen molar-refractivity contribution in [3.63, 3.8) is 0 Å². The van der Waals surface area contributed by atoms with Crippen LogP contribution < -0.4 is 5.32 Å². The minimum absolute atomic E-state index is 0.0205. The molecule has 0 aliphatic heterocycles. The van der Waals surface area contributed by atoms with Crippen molar-refractivity contribution in [3.8, 4) is 0 Å². The minimum Gasteiger partial charge on any atom is -0.384 e. The fraction of sp³-hybridized carbons (Fsp3) is 0.417. The van der Waals surface area contributed by atoms with Crippen molar-refractivity contribution in [2.24, 2.45) is 0 Å². The smallest absolute Gasteiger partial charge is 0.303 e. The second kappa shape index (κ2) is 8.07. The van der Waals surface area contributed by atoms with Crippen LogP contribution in [0, 0.1) is 19.3 Å². The van der Waals surface area contributed by atoms with Crippen molar-refractivity contribution in [1.29, 1.82) is 0 Å². The van der Waals surface area contributed by atoms with Gasteiger partial charge in [0, 0.05) is 18.4 Å². The molecule has 1 aromatic carbocycles. The molecule has 0 bridgehead atoms. The fourth-order valence-corrected chi connectivity index (χ4v) is 4.19. The molecule has 1 aliphatic rings. The lowest BCUT2D eigenvalue weighted by atomic mass is 9.91. The number of fused-ring (bicyclic) bond motifs is 1. The summed E-state index contributed by atoms with van der Waals surface area (Å²) in [5, 5.41) is 13.7. The van der Waals surface area contributed by atoms with Crippen molar-refractivity contribution < 1.29 is 18.3 Å². The van der Waals surface area contributed by atoms with Crippen LogP contribution in [0.15, 0.2) is 24.3 Å². The van der Waals surface area contributed by atoms with Crippen LogP contribution in [0.2, 0.25) is 5.15 Å². The number of hydrogen-bond donors (Lipinski definition) is 2. The van der Waals surface area contributed by atoms with E-state index < -0.39 is 34.5 Å². The number of aromatic nitrogens is 3. The van der Waals surface area contributed by atoms with Gasteiger partial charge in [-0.25, -0.2) is 25.9 Å². The number of benzene rings is 1. The highest BCUT2D eigenvalue weighted by molar-refractivity contribution is 6.30. The number of nitrogens with zero attached hydrogens (tertiary/aromatic N) is 4. The number of nitrogens with one attached hydrogen (secondary N) is 1. The van der Waals surface area contributed by atoms with E-state index in [-0.39, 0.29) is 10.7 Å². The summed E-state index contributed by atoms with van der Waals surface area (Å²) in [6.07, 6.45) is 1.34. The second-order valence-electron chi connectivity index (χ2n) is 9.17. The molecule has 0 radical (unpaired) electrons. The van der Waals surface area contributed by atoms with Crippen LogP contribution in [-0.2, 0) is 11.5 Å². The molecule has 0 spiro atoms. The Kier molecular flexibility index (Phi) is 5.74. The summed E-state index contributed by atoms with van der Waals surface area (Å²) in [4.78, 5) is 16.8. The average Bonchev–Trinajstić information content (AvgIpc) is 3.53. The van der Waals surface area contributed by atoms with Gasteiger partial charge >= 0.3 is 5.92 Å². The molecule has 0 amide bonds. The first-order valence-electron chi connectivity index (χ1n) is 10.7. The first-order chi connectivity index (χ1) is 15.8. The molecule has 0 unspecified atom stereocenters. The van der Waals surface area contributed by atoms with Crippen molar-refractivity contribution in [3.05, 3.63) is 69.2 Å². The van der Waals surface area contributed by atoms with Crippen molar-refractivity contribution in [2.75, 3.05) is 5.32 Å². The largest absolute Gasteiger partial charge is 0.384 e. The lowest BCUT2D eigenvalue weighted by Crippen LogP contribution is -2.41. The zero-order chi connectivity index (χ0) is 25.1. The Bertz CT molecular complexity index is 1330. The Hall–Kier alpha value is -2.96. The SMILES string of the molecule is [C-]#[N+]C1(c2cc3c(N[C@H](C)c4cccc(C(F)(F)C(C)(C)O)c4F)nc(C)nc3nc2Cl)CC1. The first kappa shape index (κ1) is 24.2. The number of hydrogen-bond acceptors (Lipinski definition) is 5. The topological polar surface area (TPSA) is 75.3 Å². The summed E-state index contributed by atoms with van der Waals surface area (Å²) in [6, 6.07) is 4.63. The van der Waals surface area contributed by atoms with E-state index in [1.807, 2.05) is 0 Å². The standard InChI is InChI=1S/C24H23ClF3N5O/c1-12(14-7-6-8-16(18(14)26)24(27,28)22(3,4)34)30-20-15-11-17(23(29-5)9-10-23)19(25)33-21(15)32-13(2)31-20/h6-8,11-12,34H,9-10H2,1-4H3,(H,30,31,32,33)/t12-/m1/s1. The number of anilines is 1. The Morgan fingerprint density at radius 3 is 2.50 bits per heavy atom. The van der Waals surface area contributed by atoms with Crippen LogP contribution in [0.1, 0.15) is 62.2 Å². The number of rotatable bonds is 6. The third kappa shape index (κ3) is 3.95. The van der Waals surface area contributed by atoms with Crippen LogP contribution >= 0.6 is 11.6 Å². The molecule has 6 nitrogen and oxygen atoms in total. The number of aliphatic hydroxyl groups is 1. The summed E-state index contributed by atoms with van der Waals surface area (Å²) in [7, 11) is 0. The molecule has 4 rings (SSSR count). The molecule has 1 aliphatic carbocycles. The van der Waals surface area contributed by atoms with Gasteiger partial charge in [-0.2, -0.15) is 8.78 Å². The van der Waals surface area contributed by atoms with Crippen LogP contribution in [0.25, 0.3) is 15.9 Å². The molecular formula is C24H23ClF3N5O. The summed E-state index contributed by atoms with van der Waals surface area (Å²) in [5.41, 5.74) is -3.19. The Labute approximate surface area is 200 Å². The highest BCUT2D eigenvalue weighted by atomic mass is 35.5. The average molecular weight is 490 g/mol. The first-order valence-corrected chi connectivity index (χ1v) is 11.1. The quantitative estimate of drug-likeness (QED) is 0.324. The van der Waals surface area contributed by atoms with Crippen LogP contribution in [-0.4, -0.2) is 25.7 Å². The zero-order valence-corrected chi connectivity index (χ0v) is 19.8. The van der Waals surface area contributed by atoms with Gasteiger partial charge in [-0.15, -0.1) is 0 Å². The lowest BCUT2D eigenvalue weighted by Gasteiger charge is -2.30. The Balaban J connectivity index is 1.77. The fourth-order valence-electron chi connectivity index (χ4n) is 3.88. The molecule has 178 valence electrons. The molecule has 1 saturated carbocycles. The van der Waals surface area contributed by atoms with Crippen molar-refractivity contribution in [1.82, 2.24) is 15.0 Å². The molecule has 1 fully saturated rings. The predicted molar refractivity (Wildman–Crippen MR) is 123 cm³/mol. The number of pyridine rings is 1. The van der Waals surface area contributed by atoms with Gasteiger partial charge in [0.1, 0.15) is 28.2 Å². The van der Waals surface area contributed by atoms with E-state index in [0.29, 0.717) is 41.1 Å². The Morgan fingerprint density at radius 1 is 1.24 bits per heavy atom. The van der Waals surface area contributed by atoms with Gasteiger partial charge < -0.3 is 15.3 Å². The summed E-state index contributed by atoms with van der Waals surface area (Å²) < 4.78 is 44.7. The van der Waals surface area contributed by atoms with Crippen molar-refractivity contribution >= 4 is 28.5 Å². The van der Waals surface area contributed by atoms with Crippen LogP contribution in [0.4, 0.5) is 19.0 Å². The van der Waals surface area contributed by atoms with Crippen LogP contribution in [0.5, 0.6) is 0 Å². The normalized spacial score (nSPS) is 16.2. The molecule has 0 saturated heterocycles. The summed E-state index contributed by atoms with van der Waals surface area (Å²) in [6.45, 7) is 12.7. The van der Waals surface area contributed by atoms with Gasteiger partial charge in [0.2, 0.25) is 0 Å². The van der Waals surface area contributed by atoms with E-state index in [0.717, 1.165) is 19.9 Å². The van der Waals surface area contributed by atoms with Gasteiger partial charge in [0.25, 0.3) is 5.54 Å². The molecule has 2 aromatic heterocycles. The number of halogens is 4. The van der Waals surface area contributed by atoms with E-state index in [1.165, 1.54) is 12.1 Å². The van der Waals surface area contributed by atoms with E-state index >= 15 is 4.39 Å². The van der Waals surface area contributed by atoms with E-state index in [4.69, 9.17) is 18.2 Å². The number of aryl methyl sites for hydroxylation is 1. The molecular weight excluding hydrogens is 467 g/mol. The van der Waals surface area contributed by atoms with E-state index in [1.54, 1.807) is 19.9 Å². The Morgan fingerprint density at radius 2 is 1.91 bits per heavy atom. The lowest BCUT2D eigenvalue weighted by molar-refractivity contribution is -0.170. The van der Waals surface area contributed by atoms with Gasteiger partial charge in [-0.1, -0.05) is 23.7 Å². The van der Waals surface area contributed by atoms with E-state index in [9.17, 15) is 13.9 Å². The minimum atomic E-state index is -3.81. The number of alkyl halides is 2. The third-order valence-corrected chi connectivity index (χ3v) is 6.43. The third-order valence-electron chi connectivity index (χ3n) is 6.15. The van der Waals surface area contributed by atoms with Gasteiger partial charge in [-0.05, 0) is 39.8 Å².